The van der Waals surface area contributed by atoms with Crippen molar-refractivity contribution in [2.45, 2.75) is 47.0 Å². The van der Waals surface area contributed by atoms with Gasteiger partial charge in [-0.2, -0.15) is 0 Å². The number of benzene rings is 1. The first-order valence-electron chi connectivity index (χ1n) is 9.24. The van der Waals surface area contributed by atoms with Crippen LogP contribution in [0.4, 0.5) is 5.69 Å². The van der Waals surface area contributed by atoms with Crippen molar-refractivity contribution in [1.29, 1.82) is 0 Å². The van der Waals surface area contributed by atoms with Crippen molar-refractivity contribution in [3.8, 4) is 0 Å². The van der Waals surface area contributed by atoms with Gasteiger partial charge in [-0.3, -0.25) is 0 Å². The fraction of sp³-hybridized carbons (Fsp3) is 0.650. The molecule has 0 spiro atoms. The Kier molecular flexibility index (Phi) is 12.4. The fourth-order valence-corrected chi connectivity index (χ4v) is 2.55. The molecule has 0 aromatic heterocycles. The van der Waals surface area contributed by atoms with E-state index in [1.54, 1.807) is 29.2 Å². The first kappa shape index (κ1) is 23.7. The Balaban J connectivity index is 0.00000576. The molecular weight excluding hydrogens is 336 g/mol. The Hall–Kier alpha value is -1.26. The van der Waals surface area contributed by atoms with Crippen molar-refractivity contribution in [1.82, 2.24) is 0 Å². The molecule has 25 heavy (non-hydrogen) atoms. The molecular formula is C20H35ClN2O2. The molecule has 0 bridgehead atoms. The number of hydrogen-bond donors (Lipinski definition) is 2. The Morgan fingerprint density at radius 1 is 1.00 bits per heavy atom. The van der Waals surface area contributed by atoms with E-state index in [-0.39, 0.29) is 18.4 Å². The van der Waals surface area contributed by atoms with Gasteiger partial charge in [0.1, 0.15) is 0 Å². The minimum absolute atomic E-state index is 0. The van der Waals surface area contributed by atoms with E-state index in [0.717, 1.165) is 24.8 Å². The lowest BCUT2D eigenvalue weighted by Crippen LogP contribution is -3.12. The number of esters is 1. The number of rotatable bonds is 11. The lowest BCUT2D eigenvalue weighted by Gasteiger charge is -2.21. The SMILES string of the molecule is CC(C)CC[NH+](CCCOC(=O)c1ccc(N)cc1)CCC(C)C.[Cl-]. The Morgan fingerprint density at radius 3 is 2.00 bits per heavy atom. The van der Waals surface area contributed by atoms with Crippen molar-refractivity contribution in [2.24, 2.45) is 11.8 Å². The predicted molar refractivity (Wildman–Crippen MR) is 100 cm³/mol. The van der Waals surface area contributed by atoms with E-state index in [9.17, 15) is 4.79 Å². The van der Waals surface area contributed by atoms with Crippen LogP contribution in [0.3, 0.4) is 0 Å². The first-order chi connectivity index (χ1) is 11.4. The molecule has 0 atom stereocenters. The topological polar surface area (TPSA) is 56.8 Å². The zero-order valence-corrected chi connectivity index (χ0v) is 16.9. The van der Waals surface area contributed by atoms with E-state index in [1.165, 1.54) is 25.9 Å². The summed E-state index contributed by atoms with van der Waals surface area (Å²) in [5, 5.41) is 0. The van der Waals surface area contributed by atoms with Gasteiger partial charge in [-0.25, -0.2) is 4.79 Å². The van der Waals surface area contributed by atoms with Gasteiger partial charge in [-0.1, -0.05) is 27.7 Å². The van der Waals surface area contributed by atoms with E-state index in [0.29, 0.717) is 17.9 Å². The molecule has 0 aliphatic heterocycles. The number of carbonyl (C=O) groups is 1. The summed E-state index contributed by atoms with van der Waals surface area (Å²) in [5.41, 5.74) is 6.84. The third kappa shape index (κ3) is 11.1. The van der Waals surface area contributed by atoms with Crippen molar-refractivity contribution >= 4 is 11.7 Å². The van der Waals surface area contributed by atoms with Crippen LogP contribution < -0.4 is 23.0 Å². The van der Waals surface area contributed by atoms with E-state index < -0.39 is 0 Å². The molecule has 0 unspecified atom stereocenters. The number of quaternary nitrogens is 1. The number of nitrogen functional groups attached to an aromatic ring is 1. The summed E-state index contributed by atoms with van der Waals surface area (Å²) in [6, 6.07) is 6.86. The van der Waals surface area contributed by atoms with Crippen LogP contribution in [0.25, 0.3) is 0 Å². The standard InChI is InChI=1S/C20H34N2O2.ClH/c1-16(2)10-13-22(14-11-17(3)4)12-5-15-24-20(23)18-6-8-19(21)9-7-18;/h6-9,16-17H,5,10-15,21H2,1-4H3;1H. The Labute approximate surface area is 159 Å². The summed E-state index contributed by atoms with van der Waals surface area (Å²) >= 11 is 0. The highest BCUT2D eigenvalue weighted by atomic mass is 35.5. The molecule has 1 rings (SSSR count). The molecule has 0 aliphatic carbocycles. The average molecular weight is 371 g/mol. The van der Waals surface area contributed by atoms with Gasteiger partial charge in [-0.05, 0) is 48.9 Å². The molecule has 0 fully saturated rings. The van der Waals surface area contributed by atoms with E-state index in [4.69, 9.17) is 10.5 Å². The second kappa shape index (κ2) is 13.0. The van der Waals surface area contributed by atoms with Gasteiger partial charge in [0, 0.05) is 12.1 Å². The van der Waals surface area contributed by atoms with Crippen LogP contribution in [-0.4, -0.2) is 32.2 Å². The second-order valence-corrected chi connectivity index (χ2v) is 7.48. The van der Waals surface area contributed by atoms with Crippen molar-refractivity contribution in [2.75, 3.05) is 32.0 Å². The maximum atomic E-state index is 12.0. The number of hydrogen-bond acceptors (Lipinski definition) is 3. The van der Waals surface area contributed by atoms with Gasteiger partial charge in [0.2, 0.25) is 0 Å². The monoisotopic (exact) mass is 370 g/mol. The van der Waals surface area contributed by atoms with E-state index >= 15 is 0 Å². The molecule has 3 N–H and O–H groups in total. The summed E-state index contributed by atoms with van der Waals surface area (Å²) in [6.07, 6.45) is 3.41. The molecule has 144 valence electrons. The quantitative estimate of drug-likeness (QED) is 0.322. The highest BCUT2D eigenvalue weighted by Gasteiger charge is 2.12. The predicted octanol–water partition coefficient (Wildman–Crippen LogP) is -0.203. The maximum absolute atomic E-state index is 12.0. The number of carbonyl (C=O) groups excluding carboxylic acids is 1. The number of halogens is 1. The van der Waals surface area contributed by atoms with Gasteiger partial charge in [0.25, 0.3) is 0 Å². The summed E-state index contributed by atoms with van der Waals surface area (Å²) in [4.78, 5) is 13.6. The summed E-state index contributed by atoms with van der Waals surface area (Å²) < 4.78 is 5.38. The average Bonchev–Trinajstić information content (AvgIpc) is 2.53. The van der Waals surface area contributed by atoms with Crippen molar-refractivity contribution in [3.63, 3.8) is 0 Å². The van der Waals surface area contributed by atoms with Crippen molar-refractivity contribution in [3.05, 3.63) is 29.8 Å². The van der Waals surface area contributed by atoms with E-state index in [2.05, 4.69) is 27.7 Å². The highest BCUT2D eigenvalue weighted by molar-refractivity contribution is 5.89. The van der Waals surface area contributed by atoms with Crippen LogP contribution in [0.1, 0.15) is 57.3 Å². The molecule has 4 nitrogen and oxygen atoms in total. The first-order valence-corrected chi connectivity index (χ1v) is 9.24. The molecule has 0 saturated heterocycles. The van der Waals surface area contributed by atoms with Gasteiger partial charge >= 0.3 is 5.97 Å². The van der Waals surface area contributed by atoms with Gasteiger partial charge < -0.3 is 27.8 Å². The Bertz CT molecular complexity index is 463. The largest absolute Gasteiger partial charge is 1.00 e. The summed E-state index contributed by atoms with van der Waals surface area (Å²) in [5.74, 6) is 1.21. The molecule has 1 aromatic rings. The zero-order valence-electron chi connectivity index (χ0n) is 16.2. The highest BCUT2D eigenvalue weighted by Crippen LogP contribution is 2.06. The van der Waals surface area contributed by atoms with Gasteiger partial charge in [0.15, 0.2) is 0 Å². The molecule has 0 radical (unpaired) electrons. The van der Waals surface area contributed by atoms with Gasteiger partial charge in [-0.15, -0.1) is 0 Å². The third-order valence-electron chi connectivity index (χ3n) is 4.20. The van der Waals surface area contributed by atoms with Crippen LogP contribution in [0.15, 0.2) is 24.3 Å². The molecule has 1 aromatic carbocycles. The van der Waals surface area contributed by atoms with Crippen LogP contribution >= 0.6 is 0 Å². The molecule has 0 amide bonds. The molecule has 0 heterocycles. The number of nitrogens with one attached hydrogen (secondary N) is 1. The van der Waals surface area contributed by atoms with Crippen LogP contribution in [0.2, 0.25) is 0 Å². The van der Waals surface area contributed by atoms with Crippen LogP contribution in [0, 0.1) is 11.8 Å². The summed E-state index contributed by atoms with van der Waals surface area (Å²) in [7, 11) is 0. The summed E-state index contributed by atoms with van der Waals surface area (Å²) in [6.45, 7) is 13.0. The van der Waals surface area contributed by atoms with Crippen molar-refractivity contribution < 1.29 is 26.8 Å². The van der Waals surface area contributed by atoms with Crippen LogP contribution in [0.5, 0.6) is 0 Å². The maximum Gasteiger partial charge on any atom is 0.338 e. The van der Waals surface area contributed by atoms with Crippen LogP contribution in [-0.2, 0) is 4.74 Å². The minimum atomic E-state index is -0.263. The smallest absolute Gasteiger partial charge is 0.338 e. The normalized spacial score (nSPS) is 11.0. The van der Waals surface area contributed by atoms with Gasteiger partial charge in [0.05, 0.1) is 31.8 Å². The van der Waals surface area contributed by atoms with E-state index in [1.807, 2.05) is 0 Å². The number of nitrogens with two attached hydrogens (primary N) is 1. The number of ether oxygens (including phenoxy) is 1. The number of anilines is 1. The fourth-order valence-electron chi connectivity index (χ4n) is 2.55. The molecule has 0 saturated carbocycles. The lowest BCUT2D eigenvalue weighted by molar-refractivity contribution is -0.901. The zero-order chi connectivity index (χ0) is 17.9. The molecule has 5 heteroatoms. The molecule has 0 aliphatic rings. The third-order valence-corrected chi connectivity index (χ3v) is 4.20. The minimum Gasteiger partial charge on any atom is -1.00 e. The lowest BCUT2D eigenvalue weighted by atomic mass is 10.1. The Morgan fingerprint density at radius 2 is 1.52 bits per heavy atom. The second-order valence-electron chi connectivity index (χ2n) is 7.48.